The summed E-state index contributed by atoms with van der Waals surface area (Å²) in [6.45, 7) is 1.77. The molecule has 2 rings (SSSR count). The Morgan fingerprint density at radius 3 is 2.77 bits per heavy atom. The van der Waals surface area contributed by atoms with Crippen molar-refractivity contribution in [3.05, 3.63) is 29.8 Å². The van der Waals surface area contributed by atoms with Gasteiger partial charge in [0.25, 0.3) is 0 Å². The Labute approximate surface area is 128 Å². The van der Waals surface area contributed by atoms with Gasteiger partial charge in [0.15, 0.2) is 0 Å². The molecule has 1 heterocycles. The van der Waals surface area contributed by atoms with E-state index in [0.29, 0.717) is 12.1 Å². The minimum Gasteiger partial charge on any atom is -0.497 e. The molecule has 1 atom stereocenters. The second-order valence-electron chi connectivity index (χ2n) is 4.89. The van der Waals surface area contributed by atoms with E-state index in [4.69, 9.17) is 4.74 Å². The Kier molecular flexibility index (Phi) is 5.24. The lowest BCUT2D eigenvalue weighted by atomic mass is 9.99. The van der Waals surface area contributed by atoms with Gasteiger partial charge in [-0.1, -0.05) is 0 Å². The van der Waals surface area contributed by atoms with Gasteiger partial charge in [0.05, 0.1) is 19.2 Å². The summed E-state index contributed by atoms with van der Waals surface area (Å²) in [6.07, 6.45) is 2.18. The van der Waals surface area contributed by atoms with Crippen molar-refractivity contribution in [2.75, 3.05) is 7.11 Å². The first kappa shape index (κ1) is 15.7. The molecule has 0 saturated carbocycles. The van der Waals surface area contributed by atoms with Crippen LogP contribution in [0.25, 0.3) is 0 Å². The van der Waals surface area contributed by atoms with E-state index >= 15 is 0 Å². The predicted octanol–water partition coefficient (Wildman–Crippen LogP) is 1.05. The summed E-state index contributed by atoms with van der Waals surface area (Å²) in [4.78, 5) is 23.1. The van der Waals surface area contributed by atoms with Gasteiger partial charge in [-0.25, -0.2) is 10.9 Å². The summed E-state index contributed by atoms with van der Waals surface area (Å²) in [5, 5.41) is 7.72. The number of amides is 2. The lowest BCUT2D eigenvalue weighted by Gasteiger charge is -2.06. The van der Waals surface area contributed by atoms with Crippen LogP contribution in [0.1, 0.15) is 25.3 Å². The summed E-state index contributed by atoms with van der Waals surface area (Å²) in [7, 11) is 1.60. The Morgan fingerprint density at radius 1 is 1.45 bits per heavy atom. The van der Waals surface area contributed by atoms with Gasteiger partial charge in [0.2, 0.25) is 11.8 Å². The average molecular weight is 302 g/mol. The number of hydrazone groups is 2. The SMILES string of the molecule is COc1ccc(/C=N\NC(=O)CC[C@@H]2C(=O)NN=C2C)cc1. The van der Waals surface area contributed by atoms with Crippen molar-refractivity contribution in [3.63, 3.8) is 0 Å². The number of methoxy groups -OCH3 is 1. The highest BCUT2D eigenvalue weighted by Gasteiger charge is 2.26. The first-order valence-corrected chi connectivity index (χ1v) is 6.90. The van der Waals surface area contributed by atoms with Gasteiger partial charge >= 0.3 is 0 Å². The molecular formula is C15H18N4O3. The lowest BCUT2D eigenvalue weighted by Crippen LogP contribution is -2.25. The molecule has 0 unspecified atom stereocenters. The molecule has 1 aromatic carbocycles. The van der Waals surface area contributed by atoms with E-state index < -0.39 is 0 Å². The molecule has 0 saturated heterocycles. The Morgan fingerprint density at radius 2 is 2.18 bits per heavy atom. The molecule has 0 aliphatic carbocycles. The maximum absolute atomic E-state index is 11.7. The highest BCUT2D eigenvalue weighted by molar-refractivity contribution is 6.07. The monoisotopic (exact) mass is 302 g/mol. The van der Waals surface area contributed by atoms with Crippen LogP contribution in [0.4, 0.5) is 0 Å². The molecule has 1 aliphatic rings. The number of hydrogen-bond donors (Lipinski definition) is 2. The zero-order valence-electron chi connectivity index (χ0n) is 12.5. The number of ether oxygens (including phenoxy) is 1. The molecule has 0 aromatic heterocycles. The fourth-order valence-electron chi connectivity index (χ4n) is 2.03. The molecule has 0 spiro atoms. The van der Waals surface area contributed by atoms with Gasteiger partial charge < -0.3 is 4.74 Å². The van der Waals surface area contributed by atoms with E-state index in [1.807, 2.05) is 24.3 Å². The molecule has 0 radical (unpaired) electrons. The van der Waals surface area contributed by atoms with E-state index in [1.165, 1.54) is 0 Å². The van der Waals surface area contributed by atoms with Crippen molar-refractivity contribution < 1.29 is 14.3 Å². The van der Waals surface area contributed by atoms with Gasteiger partial charge in [-0.3, -0.25) is 9.59 Å². The zero-order chi connectivity index (χ0) is 15.9. The lowest BCUT2D eigenvalue weighted by molar-refractivity contribution is -0.123. The summed E-state index contributed by atoms with van der Waals surface area (Å²) in [5.41, 5.74) is 6.39. The van der Waals surface area contributed by atoms with Gasteiger partial charge in [-0.15, -0.1) is 0 Å². The van der Waals surface area contributed by atoms with Gasteiger partial charge in [-0.05, 0) is 43.2 Å². The average Bonchev–Trinajstić information content (AvgIpc) is 2.84. The quantitative estimate of drug-likeness (QED) is 0.607. The number of nitrogens with zero attached hydrogens (tertiary/aromatic N) is 2. The third kappa shape index (κ3) is 4.15. The van der Waals surface area contributed by atoms with Gasteiger partial charge in [-0.2, -0.15) is 10.2 Å². The molecular weight excluding hydrogens is 284 g/mol. The highest BCUT2D eigenvalue weighted by Crippen LogP contribution is 2.13. The van der Waals surface area contributed by atoms with Crippen LogP contribution in [0.5, 0.6) is 5.75 Å². The third-order valence-electron chi connectivity index (χ3n) is 3.34. The maximum atomic E-state index is 11.7. The van der Waals surface area contributed by atoms with Gasteiger partial charge in [0, 0.05) is 12.1 Å². The van der Waals surface area contributed by atoms with Crippen LogP contribution < -0.4 is 15.6 Å². The smallest absolute Gasteiger partial charge is 0.248 e. The molecule has 22 heavy (non-hydrogen) atoms. The Bertz CT molecular complexity index is 608. The van der Waals surface area contributed by atoms with Crippen LogP contribution in [-0.2, 0) is 9.59 Å². The van der Waals surface area contributed by atoms with Crippen molar-refractivity contribution in [1.82, 2.24) is 10.9 Å². The minimum absolute atomic E-state index is 0.160. The van der Waals surface area contributed by atoms with Crippen LogP contribution in [0.15, 0.2) is 34.5 Å². The standard InChI is InChI=1S/C15H18N4O3/c1-10-13(15(21)19-17-10)7-8-14(20)18-16-9-11-3-5-12(22-2)6-4-11/h3-6,9,13H,7-8H2,1-2H3,(H,18,20)(H,19,21)/b16-9-/t13-/m0/s1. The highest BCUT2D eigenvalue weighted by atomic mass is 16.5. The second kappa shape index (κ2) is 7.35. The van der Waals surface area contributed by atoms with Crippen LogP contribution >= 0.6 is 0 Å². The van der Waals surface area contributed by atoms with Crippen molar-refractivity contribution in [1.29, 1.82) is 0 Å². The summed E-state index contributed by atoms with van der Waals surface area (Å²) < 4.78 is 5.05. The maximum Gasteiger partial charge on any atom is 0.248 e. The minimum atomic E-state index is -0.323. The zero-order valence-corrected chi connectivity index (χ0v) is 12.5. The van der Waals surface area contributed by atoms with Crippen LogP contribution in [0.2, 0.25) is 0 Å². The number of carbonyl (C=O) groups excluding carboxylic acids is 2. The molecule has 1 aromatic rings. The van der Waals surface area contributed by atoms with Crippen molar-refractivity contribution >= 4 is 23.7 Å². The van der Waals surface area contributed by atoms with Crippen molar-refractivity contribution in [2.45, 2.75) is 19.8 Å². The molecule has 2 amide bonds. The van der Waals surface area contributed by atoms with Crippen LogP contribution in [0.3, 0.4) is 0 Å². The molecule has 116 valence electrons. The number of carbonyl (C=O) groups is 2. The van der Waals surface area contributed by atoms with E-state index in [0.717, 1.165) is 11.3 Å². The summed E-state index contributed by atoms with van der Waals surface area (Å²) >= 11 is 0. The topological polar surface area (TPSA) is 92.1 Å². The Balaban J connectivity index is 1.76. The molecule has 7 heteroatoms. The van der Waals surface area contributed by atoms with E-state index in [2.05, 4.69) is 21.1 Å². The number of hydrogen-bond acceptors (Lipinski definition) is 5. The van der Waals surface area contributed by atoms with E-state index in [1.54, 1.807) is 20.2 Å². The molecule has 0 fully saturated rings. The second-order valence-corrected chi connectivity index (χ2v) is 4.89. The first-order valence-electron chi connectivity index (χ1n) is 6.90. The fraction of sp³-hybridized carbons (Fsp3) is 0.333. The molecule has 1 aliphatic heterocycles. The fourth-order valence-corrected chi connectivity index (χ4v) is 2.03. The van der Waals surface area contributed by atoms with E-state index in [9.17, 15) is 9.59 Å². The predicted molar refractivity (Wildman–Crippen MR) is 82.7 cm³/mol. The van der Waals surface area contributed by atoms with Crippen LogP contribution in [-0.4, -0.2) is 30.9 Å². The van der Waals surface area contributed by atoms with Crippen LogP contribution in [0, 0.1) is 5.92 Å². The first-order chi connectivity index (χ1) is 10.6. The van der Waals surface area contributed by atoms with E-state index in [-0.39, 0.29) is 24.2 Å². The van der Waals surface area contributed by atoms with Gasteiger partial charge in [0.1, 0.15) is 5.75 Å². The molecule has 2 N–H and O–H groups in total. The number of nitrogens with one attached hydrogen (secondary N) is 2. The van der Waals surface area contributed by atoms with Crippen molar-refractivity contribution in [2.24, 2.45) is 16.1 Å². The molecule has 0 bridgehead atoms. The van der Waals surface area contributed by atoms with Crippen molar-refractivity contribution in [3.8, 4) is 5.75 Å². The Hall–Kier alpha value is -2.70. The molecule has 7 nitrogen and oxygen atoms in total. The largest absolute Gasteiger partial charge is 0.497 e. The summed E-state index contributed by atoms with van der Waals surface area (Å²) in [6, 6.07) is 7.28. The third-order valence-corrected chi connectivity index (χ3v) is 3.34. The summed E-state index contributed by atoms with van der Waals surface area (Å²) in [5.74, 6) is 0.0358. The normalized spacial score (nSPS) is 17.3. The number of rotatable bonds is 6. The number of benzene rings is 1.